The summed E-state index contributed by atoms with van der Waals surface area (Å²) in [6, 6.07) is 18.5. The second-order valence-electron chi connectivity index (χ2n) is 14.5. The van der Waals surface area contributed by atoms with E-state index in [1.165, 1.54) is 16.3 Å². The average Bonchev–Trinajstić information content (AvgIpc) is 2.98. The molecule has 0 unspecified atom stereocenters. The number of nitrogens with zero attached hydrogens (tertiary/aromatic N) is 1. The van der Waals surface area contributed by atoms with Crippen LogP contribution in [0.1, 0.15) is 76.0 Å². The molecule has 0 saturated carbocycles. The number of ether oxygens (including phenoxy) is 3. The highest BCUT2D eigenvalue weighted by molar-refractivity contribution is 6.06. The van der Waals surface area contributed by atoms with Crippen LogP contribution in [0.15, 0.2) is 77.1 Å². The first kappa shape index (κ1) is 31.1. The summed E-state index contributed by atoms with van der Waals surface area (Å²) in [4.78, 5) is 30.4. The Labute approximate surface area is 267 Å². The zero-order valence-electron chi connectivity index (χ0n) is 27.7. The van der Waals surface area contributed by atoms with Gasteiger partial charge in [0.1, 0.15) is 6.61 Å². The molecule has 0 saturated heterocycles. The van der Waals surface area contributed by atoms with Crippen LogP contribution >= 0.6 is 0 Å². The third-order valence-corrected chi connectivity index (χ3v) is 9.71. The molecule has 45 heavy (non-hydrogen) atoms. The van der Waals surface area contributed by atoms with Gasteiger partial charge in [-0.1, -0.05) is 70.2 Å². The van der Waals surface area contributed by atoms with E-state index in [0.29, 0.717) is 44.1 Å². The Kier molecular flexibility index (Phi) is 8.15. The summed E-state index contributed by atoms with van der Waals surface area (Å²) < 4.78 is 17.8. The predicted molar refractivity (Wildman–Crippen MR) is 177 cm³/mol. The van der Waals surface area contributed by atoms with E-state index in [2.05, 4.69) is 69.9 Å². The largest absolute Gasteiger partial charge is 0.493 e. The van der Waals surface area contributed by atoms with Crippen LogP contribution in [-0.2, 0) is 20.9 Å². The van der Waals surface area contributed by atoms with Gasteiger partial charge < -0.3 is 19.1 Å². The number of aryl methyl sites for hydroxylation is 1. The lowest BCUT2D eigenvalue weighted by atomic mass is 9.63. The van der Waals surface area contributed by atoms with Gasteiger partial charge in [-0.3, -0.25) is 9.59 Å². The number of methoxy groups -OCH3 is 2. The van der Waals surface area contributed by atoms with Crippen LogP contribution < -0.4 is 9.47 Å². The van der Waals surface area contributed by atoms with Gasteiger partial charge in [0.05, 0.1) is 13.7 Å². The molecule has 6 nitrogen and oxygen atoms in total. The second kappa shape index (κ2) is 11.8. The maximum absolute atomic E-state index is 14.1. The number of allylic oxidation sites excluding steroid dienone is 4. The molecule has 0 N–H and O–H groups in total. The quantitative estimate of drug-likeness (QED) is 0.258. The Morgan fingerprint density at radius 3 is 2.07 bits per heavy atom. The SMILES string of the molecule is COCCN1C2=C(C(=O)CC(C)(C)C2)C(c2ccc(OCc3c(C)ccc4ccccc34)c(OC)c2)C2=C1CC(C)(C)CC2=O. The summed E-state index contributed by atoms with van der Waals surface area (Å²) in [5, 5.41) is 2.35. The summed E-state index contributed by atoms with van der Waals surface area (Å²) in [5.74, 6) is 1.00. The summed E-state index contributed by atoms with van der Waals surface area (Å²) in [7, 11) is 3.33. The van der Waals surface area contributed by atoms with Crippen molar-refractivity contribution < 1.29 is 23.8 Å². The molecule has 1 heterocycles. The van der Waals surface area contributed by atoms with Crippen molar-refractivity contribution in [3.8, 4) is 11.5 Å². The third kappa shape index (κ3) is 5.81. The first-order valence-corrected chi connectivity index (χ1v) is 16.0. The molecule has 0 atom stereocenters. The van der Waals surface area contributed by atoms with Crippen LogP contribution in [0, 0.1) is 17.8 Å². The molecule has 0 amide bonds. The fourth-order valence-corrected chi connectivity index (χ4v) is 7.60. The lowest BCUT2D eigenvalue weighted by Gasteiger charge is -2.49. The van der Waals surface area contributed by atoms with Gasteiger partial charge in [0.15, 0.2) is 23.1 Å². The fraction of sp³-hybridized carbons (Fsp3) is 0.436. The van der Waals surface area contributed by atoms with Crippen molar-refractivity contribution in [1.29, 1.82) is 0 Å². The van der Waals surface area contributed by atoms with Crippen molar-refractivity contribution in [2.75, 3.05) is 27.4 Å². The van der Waals surface area contributed by atoms with E-state index < -0.39 is 5.92 Å². The summed E-state index contributed by atoms with van der Waals surface area (Å²) in [6.07, 6.45) is 2.43. The maximum atomic E-state index is 14.1. The molecule has 0 aromatic heterocycles. The molecule has 0 radical (unpaired) electrons. The first-order chi connectivity index (χ1) is 21.4. The minimum absolute atomic E-state index is 0.114. The van der Waals surface area contributed by atoms with Crippen molar-refractivity contribution in [2.24, 2.45) is 10.8 Å². The number of rotatable bonds is 8. The fourth-order valence-electron chi connectivity index (χ4n) is 7.60. The van der Waals surface area contributed by atoms with Crippen LogP contribution in [0.3, 0.4) is 0 Å². The van der Waals surface area contributed by atoms with Crippen molar-refractivity contribution in [3.05, 3.63) is 93.8 Å². The van der Waals surface area contributed by atoms with Crippen LogP contribution in [0.5, 0.6) is 11.5 Å². The number of hydrogen-bond donors (Lipinski definition) is 0. The Morgan fingerprint density at radius 1 is 0.800 bits per heavy atom. The molecule has 1 aliphatic heterocycles. The van der Waals surface area contributed by atoms with E-state index in [9.17, 15) is 9.59 Å². The molecular formula is C39H45NO5. The van der Waals surface area contributed by atoms with Gasteiger partial charge in [0, 0.05) is 60.5 Å². The molecule has 236 valence electrons. The standard InChI is InChI=1S/C39H45NO5/c1-24-12-13-25-10-8-9-11-27(25)28(24)23-45-33-15-14-26(18-34(33)44-7)35-36-29(19-38(2,3)21-31(36)41)40(16-17-43-6)30-20-39(4,5)22-32(42)37(30)35/h8-15,18,35H,16-17,19-23H2,1-7H3. The molecule has 2 aliphatic carbocycles. The highest BCUT2D eigenvalue weighted by atomic mass is 16.5. The second-order valence-corrected chi connectivity index (χ2v) is 14.5. The summed E-state index contributed by atoms with van der Waals surface area (Å²) >= 11 is 0. The van der Waals surface area contributed by atoms with E-state index in [1.807, 2.05) is 24.3 Å². The van der Waals surface area contributed by atoms with Crippen molar-refractivity contribution in [3.63, 3.8) is 0 Å². The normalized spacial score (nSPS) is 19.6. The topological polar surface area (TPSA) is 65.1 Å². The minimum atomic E-state index is -0.441. The summed E-state index contributed by atoms with van der Waals surface area (Å²) in [6.45, 7) is 12.2. The van der Waals surface area contributed by atoms with Crippen LogP contribution in [0.2, 0.25) is 0 Å². The van der Waals surface area contributed by atoms with Gasteiger partial charge >= 0.3 is 0 Å². The molecular weight excluding hydrogens is 562 g/mol. The van der Waals surface area contributed by atoms with Gasteiger partial charge in [0.2, 0.25) is 0 Å². The van der Waals surface area contributed by atoms with E-state index in [-0.39, 0.29) is 22.4 Å². The Morgan fingerprint density at radius 2 is 1.44 bits per heavy atom. The average molecular weight is 608 g/mol. The molecule has 6 heteroatoms. The van der Waals surface area contributed by atoms with Gasteiger partial charge in [-0.25, -0.2) is 0 Å². The number of ketones is 2. The van der Waals surface area contributed by atoms with E-state index in [4.69, 9.17) is 14.2 Å². The number of Topliss-reactive ketones (excluding diaryl/α,β-unsaturated/α-hetero) is 2. The Balaban J connectivity index is 1.44. The first-order valence-electron chi connectivity index (χ1n) is 16.0. The number of benzene rings is 3. The van der Waals surface area contributed by atoms with Gasteiger partial charge in [-0.15, -0.1) is 0 Å². The van der Waals surface area contributed by atoms with E-state index >= 15 is 0 Å². The highest BCUT2D eigenvalue weighted by Gasteiger charge is 2.49. The Bertz CT molecular complexity index is 1690. The number of carbonyl (C=O) groups is 2. The van der Waals surface area contributed by atoms with Crippen LogP contribution in [-0.4, -0.2) is 43.8 Å². The minimum Gasteiger partial charge on any atom is -0.493 e. The van der Waals surface area contributed by atoms with Gasteiger partial charge in [-0.05, 0) is 64.6 Å². The monoisotopic (exact) mass is 607 g/mol. The number of fused-ring (bicyclic) bond motifs is 1. The number of carbonyl (C=O) groups excluding carboxylic acids is 2. The predicted octanol–water partition coefficient (Wildman–Crippen LogP) is 8.07. The molecule has 3 aliphatic rings. The van der Waals surface area contributed by atoms with E-state index in [0.717, 1.165) is 46.5 Å². The smallest absolute Gasteiger partial charge is 0.162 e. The zero-order valence-corrected chi connectivity index (χ0v) is 27.7. The number of hydrogen-bond acceptors (Lipinski definition) is 6. The molecule has 6 rings (SSSR count). The molecule has 3 aromatic rings. The molecule has 0 bridgehead atoms. The Hall–Kier alpha value is -3.90. The van der Waals surface area contributed by atoms with Crippen molar-refractivity contribution >= 4 is 22.3 Å². The third-order valence-electron chi connectivity index (χ3n) is 9.71. The summed E-state index contributed by atoms with van der Waals surface area (Å²) in [5.41, 5.74) is 6.41. The highest BCUT2D eigenvalue weighted by Crippen LogP contribution is 2.55. The van der Waals surface area contributed by atoms with Crippen LogP contribution in [0.4, 0.5) is 0 Å². The molecule has 0 fully saturated rings. The molecule has 0 spiro atoms. The van der Waals surface area contributed by atoms with E-state index in [1.54, 1.807) is 14.2 Å². The van der Waals surface area contributed by atoms with Gasteiger partial charge in [0.25, 0.3) is 0 Å². The maximum Gasteiger partial charge on any atom is 0.162 e. The molecule has 3 aromatic carbocycles. The lowest BCUT2D eigenvalue weighted by molar-refractivity contribution is -0.119. The van der Waals surface area contributed by atoms with Crippen molar-refractivity contribution in [2.45, 2.75) is 72.8 Å². The van der Waals surface area contributed by atoms with Crippen molar-refractivity contribution in [1.82, 2.24) is 4.90 Å². The van der Waals surface area contributed by atoms with Gasteiger partial charge in [-0.2, -0.15) is 0 Å². The lowest BCUT2D eigenvalue weighted by Crippen LogP contribution is -2.45. The zero-order chi connectivity index (χ0) is 32.1. The van der Waals surface area contributed by atoms with Crippen LogP contribution in [0.25, 0.3) is 10.8 Å².